The van der Waals surface area contributed by atoms with Crippen molar-refractivity contribution in [2.24, 2.45) is 0 Å². The number of nitrogens with one attached hydrogen (secondary N) is 1. The van der Waals surface area contributed by atoms with Crippen molar-refractivity contribution in [1.29, 1.82) is 0 Å². The molecule has 3 rings (SSSR count). The molecule has 1 N–H and O–H groups in total. The SMILES string of the molecule is Cc1ccc(C(=O)c2c[nH]c3cccc(F)c23)cc1Cl. The van der Waals surface area contributed by atoms with Crippen molar-refractivity contribution in [2.75, 3.05) is 0 Å². The van der Waals surface area contributed by atoms with Crippen LogP contribution in [-0.2, 0) is 0 Å². The number of carbonyl (C=O) groups excluding carboxylic acids is 1. The molecule has 0 radical (unpaired) electrons. The lowest BCUT2D eigenvalue weighted by atomic mass is 10.0. The van der Waals surface area contributed by atoms with Gasteiger partial charge in [0.15, 0.2) is 5.78 Å². The Morgan fingerprint density at radius 3 is 2.80 bits per heavy atom. The molecule has 20 heavy (non-hydrogen) atoms. The molecule has 0 aliphatic heterocycles. The van der Waals surface area contributed by atoms with Gasteiger partial charge < -0.3 is 4.98 Å². The standard InChI is InChI=1S/C16H11ClFNO/c1-9-5-6-10(7-12(9)17)16(20)11-8-19-14-4-2-3-13(18)15(11)14/h2-8,19H,1H3. The van der Waals surface area contributed by atoms with Gasteiger partial charge in [0.1, 0.15) is 5.82 Å². The van der Waals surface area contributed by atoms with Gasteiger partial charge in [-0.1, -0.05) is 29.8 Å². The molecule has 0 atom stereocenters. The highest BCUT2D eigenvalue weighted by atomic mass is 35.5. The molecule has 0 bridgehead atoms. The topological polar surface area (TPSA) is 32.9 Å². The molecule has 0 aliphatic rings. The number of fused-ring (bicyclic) bond motifs is 1. The molecule has 0 saturated heterocycles. The molecule has 1 aromatic heterocycles. The summed E-state index contributed by atoms with van der Waals surface area (Å²) in [5.41, 5.74) is 2.27. The lowest BCUT2D eigenvalue weighted by Gasteiger charge is -2.03. The van der Waals surface area contributed by atoms with E-state index in [1.54, 1.807) is 30.3 Å². The van der Waals surface area contributed by atoms with Crippen LogP contribution in [0.3, 0.4) is 0 Å². The van der Waals surface area contributed by atoms with Crippen LogP contribution < -0.4 is 0 Å². The van der Waals surface area contributed by atoms with Crippen LogP contribution in [0.4, 0.5) is 4.39 Å². The number of ketones is 1. The molecule has 2 nitrogen and oxygen atoms in total. The highest BCUT2D eigenvalue weighted by Gasteiger charge is 2.17. The Morgan fingerprint density at radius 2 is 2.05 bits per heavy atom. The van der Waals surface area contributed by atoms with Crippen molar-refractivity contribution in [1.82, 2.24) is 4.98 Å². The quantitative estimate of drug-likeness (QED) is 0.692. The number of aromatic nitrogens is 1. The van der Waals surface area contributed by atoms with Gasteiger partial charge in [-0.15, -0.1) is 0 Å². The highest BCUT2D eigenvalue weighted by Crippen LogP contribution is 2.25. The maximum absolute atomic E-state index is 13.9. The van der Waals surface area contributed by atoms with Crippen LogP contribution in [-0.4, -0.2) is 10.8 Å². The van der Waals surface area contributed by atoms with E-state index in [0.29, 0.717) is 27.1 Å². The van der Waals surface area contributed by atoms with Crippen LogP contribution in [0.1, 0.15) is 21.5 Å². The lowest BCUT2D eigenvalue weighted by Crippen LogP contribution is -2.01. The summed E-state index contributed by atoms with van der Waals surface area (Å²) in [5.74, 6) is -0.659. The van der Waals surface area contributed by atoms with E-state index in [2.05, 4.69) is 4.98 Å². The third-order valence-corrected chi connectivity index (χ3v) is 3.74. The van der Waals surface area contributed by atoms with Crippen molar-refractivity contribution in [2.45, 2.75) is 6.92 Å². The lowest BCUT2D eigenvalue weighted by molar-refractivity contribution is 0.104. The molecule has 0 fully saturated rings. The first-order chi connectivity index (χ1) is 9.58. The van der Waals surface area contributed by atoms with E-state index in [0.717, 1.165) is 5.56 Å². The summed E-state index contributed by atoms with van der Waals surface area (Å²) in [7, 11) is 0. The molecular weight excluding hydrogens is 277 g/mol. The van der Waals surface area contributed by atoms with Crippen molar-refractivity contribution < 1.29 is 9.18 Å². The number of carbonyl (C=O) groups is 1. The van der Waals surface area contributed by atoms with Gasteiger partial charge in [-0.25, -0.2) is 4.39 Å². The molecule has 100 valence electrons. The van der Waals surface area contributed by atoms with Gasteiger partial charge in [0.05, 0.1) is 5.56 Å². The molecule has 0 aliphatic carbocycles. The van der Waals surface area contributed by atoms with E-state index >= 15 is 0 Å². The van der Waals surface area contributed by atoms with Crippen molar-refractivity contribution in [3.8, 4) is 0 Å². The fourth-order valence-corrected chi connectivity index (χ4v) is 2.39. The number of aromatic amines is 1. The predicted octanol–water partition coefficient (Wildman–Crippen LogP) is 4.50. The second kappa shape index (κ2) is 4.76. The van der Waals surface area contributed by atoms with Gasteiger partial charge >= 0.3 is 0 Å². The number of hydrogen-bond donors (Lipinski definition) is 1. The zero-order valence-electron chi connectivity index (χ0n) is 10.7. The Hall–Kier alpha value is -2.13. The molecule has 0 saturated carbocycles. The van der Waals surface area contributed by atoms with Gasteiger partial charge in [-0.05, 0) is 30.7 Å². The number of H-pyrrole nitrogens is 1. The van der Waals surface area contributed by atoms with Crippen LogP contribution in [0.15, 0.2) is 42.6 Å². The molecule has 0 unspecified atom stereocenters. The first-order valence-electron chi connectivity index (χ1n) is 6.14. The number of aryl methyl sites for hydroxylation is 1. The largest absolute Gasteiger partial charge is 0.360 e. The van der Waals surface area contributed by atoms with Crippen molar-refractivity contribution in [3.63, 3.8) is 0 Å². The minimum atomic E-state index is -0.412. The molecule has 4 heteroatoms. The average Bonchev–Trinajstić information content (AvgIpc) is 2.86. The smallest absolute Gasteiger partial charge is 0.195 e. The minimum absolute atomic E-state index is 0.247. The van der Waals surface area contributed by atoms with Crippen LogP contribution in [0.5, 0.6) is 0 Å². The molecule has 0 amide bonds. The van der Waals surface area contributed by atoms with E-state index in [-0.39, 0.29) is 5.78 Å². The third kappa shape index (κ3) is 2.00. The second-order valence-corrected chi connectivity index (χ2v) is 5.07. The van der Waals surface area contributed by atoms with E-state index in [9.17, 15) is 9.18 Å². The van der Waals surface area contributed by atoms with Gasteiger partial charge in [-0.3, -0.25) is 4.79 Å². The Kier molecular flexibility index (Phi) is 3.07. The third-order valence-electron chi connectivity index (χ3n) is 3.33. The highest BCUT2D eigenvalue weighted by molar-refractivity contribution is 6.32. The Bertz CT molecular complexity index is 822. The summed E-state index contributed by atoms with van der Waals surface area (Å²) in [4.78, 5) is 15.4. The summed E-state index contributed by atoms with van der Waals surface area (Å²) >= 11 is 6.03. The summed E-state index contributed by atoms with van der Waals surface area (Å²) in [6.07, 6.45) is 1.53. The zero-order valence-corrected chi connectivity index (χ0v) is 11.5. The Morgan fingerprint density at radius 1 is 1.25 bits per heavy atom. The Labute approximate surface area is 120 Å². The maximum atomic E-state index is 13.9. The van der Waals surface area contributed by atoms with Crippen LogP contribution in [0.2, 0.25) is 5.02 Å². The summed E-state index contributed by atoms with van der Waals surface area (Å²) < 4.78 is 13.9. The van der Waals surface area contributed by atoms with Gasteiger partial charge in [-0.2, -0.15) is 0 Å². The predicted molar refractivity (Wildman–Crippen MR) is 77.9 cm³/mol. The second-order valence-electron chi connectivity index (χ2n) is 4.66. The number of rotatable bonds is 2. The first-order valence-corrected chi connectivity index (χ1v) is 6.52. The summed E-state index contributed by atoms with van der Waals surface area (Å²) in [6, 6.07) is 9.76. The van der Waals surface area contributed by atoms with Gasteiger partial charge in [0.25, 0.3) is 0 Å². The van der Waals surface area contributed by atoms with Gasteiger partial charge in [0, 0.05) is 27.7 Å². The average molecular weight is 288 g/mol. The molecule has 3 aromatic rings. The minimum Gasteiger partial charge on any atom is -0.360 e. The monoisotopic (exact) mass is 287 g/mol. The maximum Gasteiger partial charge on any atom is 0.195 e. The van der Waals surface area contributed by atoms with Gasteiger partial charge in [0.2, 0.25) is 0 Å². The fraction of sp³-hybridized carbons (Fsp3) is 0.0625. The summed E-state index contributed by atoms with van der Waals surface area (Å²) in [5, 5.41) is 0.838. The molecule has 0 spiro atoms. The van der Waals surface area contributed by atoms with E-state index in [1.165, 1.54) is 12.3 Å². The molecule has 2 aromatic carbocycles. The number of hydrogen-bond acceptors (Lipinski definition) is 1. The van der Waals surface area contributed by atoms with E-state index in [4.69, 9.17) is 11.6 Å². The Balaban J connectivity index is 2.15. The van der Waals surface area contributed by atoms with Crippen LogP contribution in [0.25, 0.3) is 10.9 Å². The first kappa shape index (κ1) is 12.9. The fourth-order valence-electron chi connectivity index (χ4n) is 2.21. The number of benzene rings is 2. The van der Waals surface area contributed by atoms with E-state index in [1.807, 2.05) is 6.92 Å². The summed E-state index contributed by atoms with van der Waals surface area (Å²) in [6.45, 7) is 1.86. The normalized spacial score (nSPS) is 10.9. The molecular formula is C16H11ClFNO. The van der Waals surface area contributed by atoms with Crippen molar-refractivity contribution >= 4 is 28.3 Å². The van der Waals surface area contributed by atoms with Crippen molar-refractivity contribution in [3.05, 3.63) is 70.1 Å². The molecule has 1 heterocycles. The number of halogens is 2. The van der Waals surface area contributed by atoms with Crippen LogP contribution >= 0.6 is 11.6 Å². The zero-order chi connectivity index (χ0) is 14.3. The van der Waals surface area contributed by atoms with Crippen LogP contribution in [0, 0.1) is 12.7 Å². The van der Waals surface area contributed by atoms with E-state index < -0.39 is 5.82 Å².